The first-order chi connectivity index (χ1) is 8.83. The summed E-state index contributed by atoms with van der Waals surface area (Å²) in [6.45, 7) is 2.92. The molecule has 106 valence electrons. The second-order valence-electron chi connectivity index (χ2n) is 4.56. The molecule has 1 atom stereocenters. The predicted octanol–water partition coefficient (Wildman–Crippen LogP) is 2.10. The molecule has 18 heavy (non-hydrogen) atoms. The van der Waals surface area contributed by atoms with Gasteiger partial charge in [-0.3, -0.25) is 4.79 Å². The number of ether oxygens (including phenoxy) is 2. The Morgan fingerprint density at radius 1 is 1.39 bits per heavy atom. The number of rotatable bonds is 10. The molecule has 1 aliphatic heterocycles. The minimum atomic E-state index is 0.110. The summed E-state index contributed by atoms with van der Waals surface area (Å²) >= 11 is 5.54. The van der Waals surface area contributed by atoms with E-state index in [1.54, 1.807) is 0 Å². The molecule has 0 bridgehead atoms. The molecule has 1 aliphatic rings. The maximum atomic E-state index is 11.3. The average Bonchev–Trinajstić information content (AvgIpc) is 2.87. The lowest BCUT2D eigenvalue weighted by Gasteiger charge is -2.10. The third-order valence-electron chi connectivity index (χ3n) is 2.90. The highest BCUT2D eigenvalue weighted by atomic mass is 35.5. The monoisotopic (exact) mass is 277 g/mol. The van der Waals surface area contributed by atoms with E-state index < -0.39 is 0 Å². The van der Waals surface area contributed by atoms with Crippen molar-refractivity contribution >= 4 is 17.5 Å². The van der Waals surface area contributed by atoms with Crippen molar-refractivity contribution in [2.75, 3.05) is 32.2 Å². The van der Waals surface area contributed by atoms with Crippen LogP contribution in [0.5, 0.6) is 0 Å². The molecule has 0 spiro atoms. The number of hydrogen-bond acceptors (Lipinski definition) is 3. The standard InChI is InChI=1S/C13H24ClNO3/c14-7-2-1-6-13(16)15-8-4-9-17-11-12-5-3-10-18-12/h12H,1-11H2,(H,15,16). The van der Waals surface area contributed by atoms with Crippen LogP contribution in [0.4, 0.5) is 0 Å². The van der Waals surface area contributed by atoms with E-state index in [1.807, 2.05) is 0 Å². The Morgan fingerprint density at radius 2 is 2.28 bits per heavy atom. The number of nitrogens with one attached hydrogen (secondary N) is 1. The molecule has 0 radical (unpaired) electrons. The number of alkyl halides is 1. The molecule has 4 nitrogen and oxygen atoms in total. The highest BCUT2D eigenvalue weighted by Crippen LogP contribution is 2.11. The van der Waals surface area contributed by atoms with Gasteiger partial charge in [-0.25, -0.2) is 0 Å². The third kappa shape index (κ3) is 7.90. The summed E-state index contributed by atoms with van der Waals surface area (Å²) < 4.78 is 11.0. The lowest BCUT2D eigenvalue weighted by molar-refractivity contribution is -0.121. The second-order valence-corrected chi connectivity index (χ2v) is 4.94. The minimum Gasteiger partial charge on any atom is -0.379 e. The Hall–Kier alpha value is -0.320. The molecule has 1 amide bonds. The number of carbonyl (C=O) groups is 1. The summed E-state index contributed by atoms with van der Waals surface area (Å²) in [6, 6.07) is 0. The smallest absolute Gasteiger partial charge is 0.219 e. The van der Waals surface area contributed by atoms with Gasteiger partial charge in [0.05, 0.1) is 12.7 Å². The Kier molecular flexibility index (Phi) is 9.26. The largest absolute Gasteiger partial charge is 0.379 e. The van der Waals surface area contributed by atoms with E-state index in [2.05, 4.69) is 5.32 Å². The van der Waals surface area contributed by atoms with E-state index in [0.29, 0.717) is 32.1 Å². The first-order valence-electron chi connectivity index (χ1n) is 6.85. The normalized spacial score (nSPS) is 19.1. The van der Waals surface area contributed by atoms with Gasteiger partial charge >= 0.3 is 0 Å². The van der Waals surface area contributed by atoms with Gasteiger partial charge in [0.15, 0.2) is 0 Å². The maximum absolute atomic E-state index is 11.3. The molecule has 1 unspecified atom stereocenters. The van der Waals surface area contributed by atoms with Gasteiger partial charge in [-0.15, -0.1) is 11.6 Å². The fourth-order valence-corrected chi connectivity index (χ4v) is 2.05. The molecule has 1 saturated heterocycles. The van der Waals surface area contributed by atoms with E-state index >= 15 is 0 Å². The van der Waals surface area contributed by atoms with Crippen LogP contribution in [0.2, 0.25) is 0 Å². The molecule has 0 aromatic carbocycles. The number of amides is 1. The Morgan fingerprint density at radius 3 is 3.00 bits per heavy atom. The van der Waals surface area contributed by atoms with E-state index in [0.717, 1.165) is 38.7 Å². The molecule has 1 heterocycles. The van der Waals surface area contributed by atoms with Gasteiger partial charge < -0.3 is 14.8 Å². The fraction of sp³-hybridized carbons (Fsp3) is 0.923. The van der Waals surface area contributed by atoms with Crippen LogP contribution in [0.25, 0.3) is 0 Å². The van der Waals surface area contributed by atoms with Crippen LogP contribution in [0.15, 0.2) is 0 Å². The number of halogens is 1. The number of carbonyl (C=O) groups excluding carboxylic acids is 1. The molecule has 0 aliphatic carbocycles. The van der Waals surface area contributed by atoms with E-state index in [-0.39, 0.29) is 12.0 Å². The molecule has 0 saturated carbocycles. The van der Waals surface area contributed by atoms with Crippen molar-refractivity contribution in [3.8, 4) is 0 Å². The van der Waals surface area contributed by atoms with Crippen molar-refractivity contribution in [3.05, 3.63) is 0 Å². The number of hydrogen-bond donors (Lipinski definition) is 1. The zero-order chi connectivity index (χ0) is 13.1. The predicted molar refractivity (Wildman–Crippen MR) is 72.0 cm³/mol. The van der Waals surface area contributed by atoms with Crippen LogP contribution in [-0.2, 0) is 14.3 Å². The summed E-state index contributed by atoms with van der Waals surface area (Å²) in [6.07, 6.45) is 5.74. The minimum absolute atomic E-state index is 0.110. The van der Waals surface area contributed by atoms with Gasteiger partial charge in [0.2, 0.25) is 5.91 Å². The van der Waals surface area contributed by atoms with Gasteiger partial charge in [-0.1, -0.05) is 0 Å². The molecule has 0 aromatic heterocycles. The van der Waals surface area contributed by atoms with E-state index in [9.17, 15) is 4.79 Å². The highest BCUT2D eigenvalue weighted by molar-refractivity contribution is 6.17. The molecule has 5 heteroatoms. The summed E-state index contributed by atoms with van der Waals surface area (Å²) in [4.78, 5) is 11.3. The van der Waals surface area contributed by atoms with Crippen LogP contribution < -0.4 is 5.32 Å². The van der Waals surface area contributed by atoms with Crippen molar-refractivity contribution < 1.29 is 14.3 Å². The lowest BCUT2D eigenvalue weighted by Crippen LogP contribution is -2.25. The van der Waals surface area contributed by atoms with Crippen molar-refractivity contribution in [3.63, 3.8) is 0 Å². The molecule has 1 N–H and O–H groups in total. The Balaban J connectivity index is 1.81. The quantitative estimate of drug-likeness (QED) is 0.491. The molecule has 0 aromatic rings. The highest BCUT2D eigenvalue weighted by Gasteiger charge is 2.14. The van der Waals surface area contributed by atoms with Gasteiger partial charge in [0, 0.05) is 32.1 Å². The summed E-state index contributed by atoms with van der Waals surface area (Å²) in [5.41, 5.74) is 0. The zero-order valence-electron chi connectivity index (χ0n) is 11.0. The summed E-state index contributed by atoms with van der Waals surface area (Å²) in [5, 5.41) is 2.88. The first-order valence-corrected chi connectivity index (χ1v) is 7.38. The lowest BCUT2D eigenvalue weighted by atomic mass is 10.2. The fourth-order valence-electron chi connectivity index (χ4n) is 1.86. The van der Waals surface area contributed by atoms with Crippen LogP contribution in [0.1, 0.15) is 38.5 Å². The average molecular weight is 278 g/mol. The summed E-state index contributed by atoms with van der Waals surface area (Å²) in [7, 11) is 0. The molecule has 1 rings (SSSR count). The van der Waals surface area contributed by atoms with Crippen molar-refractivity contribution in [1.82, 2.24) is 5.32 Å². The van der Waals surface area contributed by atoms with Crippen molar-refractivity contribution in [2.24, 2.45) is 0 Å². The molecular formula is C13H24ClNO3. The van der Waals surface area contributed by atoms with E-state index in [4.69, 9.17) is 21.1 Å². The van der Waals surface area contributed by atoms with E-state index in [1.165, 1.54) is 0 Å². The zero-order valence-corrected chi connectivity index (χ0v) is 11.7. The Bertz CT molecular complexity index is 220. The first kappa shape index (κ1) is 15.7. The van der Waals surface area contributed by atoms with Crippen molar-refractivity contribution in [2.45, 2.75) is 44.6 Å². The van der Waals surface area contributed by atoms with Gasteiger partial charge in [-0.2, -0.15) is 0 Å². The van der Waals surface area contributed by atoms with Gasteiger partial charge in [0.25, 0.3) is 0 Å². The number of unbranched alkanes of at least 4 members (excludes halogenated alkanes) is 1. The van der Waals surface area contributed by atoms with Gasteiger partial charge in [0.1, 0.15) is 0 Å². The SMILES string of the molecule is O=C(CCCCCl)NCCCOCC1CCCO1. The molecule has 1 fully saturated rings. The maximum Gasteiger partial charge on any atom is 0.219 e. The van der Waals surface area contributed by atoms with Crippen LogP contribution in [0, 0.1) is 0 Å². The van der Waals surface area contributed by atoms with Crippen LogP contribution >= 0.6 is 11.6 Å². The third-order valence-corrected chi connectivity index (χ3v) is 3.17. The topological polar surface area (TPSA) is 47.6 Å². The van der Waals surface area contributed by atoms with Gasteiger partial charge in [-0.05, 0) is 32.1 Å². The summed E-state index contributed by atoms with van der Waals surface area (Å²) in [5.74, 6) is 0.740. The van der Waals surface area contributed by atoms with Crippen LogP contribution in [-0.4, -0.2) is 44.3 Å². The second kappa shape index (κ2) is 10.6. The Labute approximate surface area is 114 Å². The molecular weight excluding hydrogens is 254 g/mol. The van der Waals surface area contributed by atoms with Crippen molar-refractivity contribution in [1.29, 1.82) is 0 Å². The van der Waals surface area contributed by atoms with Crippen LogP contribution in [0.3, 0.4) is 0 Å².